The highest BCUT2D eigenvalue weighted by Gasteiger charge is 2.33. The fourth-order valence-corrected chi connectivity index (χ4v) is 5.03. The molecule has 0 N–H and O–H groups in total. The van der Waals surface area contributed by atoms with Crippen molar-refractivity contribution < 1.29 is 4.79 Å². The lowest BCUT2D eigenvalue weighted by atomic mass is 9.98. The first-order valence-corrected chi connectivity index (χ1v) is 9.66. The smallest absolute Gasteiger partial charge is 0.245 e. The van der Waals surface area contributed by atoms with Gasteiger partial charge in [0.15, 0.2) is 0 Å². The van der Waals surface area contributed by atoms with Gasteiger partial charge < -0.3 is 4.90 Å². The van der Waals surface area contributed by atoms with E-state index >= 15 is 0 Å². The molecule has 4 heterocycles. The number of nitrogens with zero attached hydrogens (tertiary/aromatic N) is 4. The Morgan fingerprint density at radius 3 is 2.88 bits per heavy atom. The van der Waals surface area contributed by atoms with Crippen LogP contribution in [-0.4, -0.2) is 32.1 Å². The first-order chi connectivity index (χ1) is 11.6. The van der Waals surface area contributed by atoms with Crippen LogP contribution in [0.25, 0.3) is 0 Å². The van der Waals surface area contributed by atoms with Gasteiger partial charge in [-0.25, -0.2) is 9.67 Å². The second-order valence-corrected chi connectivity index (χ2v) is 7.90. The maximum Gasteiger partial charge on any atom is 0.245 e. The second kappa shape index (κ2) is 6.14. The zero-order valence-electron chi connectivity index (χ0n) is 13.6. The fraction of sp³-hybridized carbons (Fsp3) is 0.353. The molecular weight excluding hydrogens is 340 g/mol. The summed E-state index contributed by atoms with van der Waals surface area (Å²) in [6.45, 7) is 4.73. The Morgan fingerprint density at radius 1 is 1.29 bits per heavy atom. The van der Waals surface area contributed by atoms with Crippen molar-refractivity contribution in [1.29, 1.82) is 0 Å². The molecule has 4 rings (SSSR count). The number of thiophene rings is 2. The molecule has 3 aromatic rings. The highest BCUT2D eigenvalue weighted by Crippen LogP contribution is 2.39. The first-order valence-electron chi connectivity index (χ1n) is 7.90. The molecule has 3 aromatic heterocycles. The minimum atomic E-state index is 0.0254. The van der Waals surface area contributed by atoms with Gasteiger partial charge in [0.2, 0.25) is 5.91 Å². The van der Waals surface area contributed by atoms with Crippen LogP contribution in [0.2, 0.25) is 0 Å². The SMILES string of the molecule is Cc1nc(C)n(CC(=O)N2CCc3sccc3C2c2cccs2)n1. The third-order valence-electron chi connectivity index (χ3n) is 4.35. The molecule has 1 aliphatic heterocycles. The third-order valence-corrected chi connectivity index (χ3v) is 6.27. The number of fused-ring (bicyclic) bond motifs is 1. The number of amides is 1. The van der Waals surface area contributed by atoms with E-state index in [2.05, 4.69) is 33.0 Å². The van der Waals surface area contributed by atoms with Gasteiger partial charge in [-0.2, -0.15) is 5.10 Å². The normalized spacial score (nSPS) is 17.1. The minimum absolute atomic E-state index is 0.0254. The van der Waals surface area contributed by atoms with E-state index < -0.39 is 0 Å². The summed E-state index contributed by atoms with van der Waals surface area (Å²) >= 11 is 3.50. The monoisotopic (exact) mass is 358 g/mol. The maximum atomic E-state index is 13.0. The van der Waals surface area contributed by atoms with Gasteiger partial charge in [-0.05, 0) is 48.7 Å². The molecule has 24 heavy (non-hydrogen) atoms. The molecule has 7 heteroatoms. The number of carbonyl (C=O) groups is 1. The molecule has 1 atom stereocenters. The molecule has 0 fully saturated rings. The summed E-state index contributed by atoms with van der Waals surface area (Å²) in [5.41, 5.74) is 1.27. The molecule has 1 unspecified atom stereocenters. The molecule has 5 nitrogen and oxygen atoms in total. The van der Waals surface area contributed by atoms with E-state index in [1.807, 2.05) is 24.8 Å². The predicted molar refractivity (Wildman–Crippen MR) is 95.4 cm³/mol. The van der Waals surface area contributed by atoms with E-state index in [0.717, 1.165) is 18.8 Å². The average molecular weight is 358 g/mol. The van der Waals surface area contributed by atoms with E-state index in [1.54, 1.807) is 27.4 Å². The van der Waals surface area contributed by atoms with Crippen molar-refractivity contribution in [1.82, 2.24) is 19.7 Å². The molecule has 1 aliphatic rings. The van der Waals surface area contributed by atoms with Crippen LogP contribution in [0, 0.1) is 13.8 Å². The second-order valence-electron chi connectivity index (χ2n) is 5.92. The summed E-state index contributed by atoms with van der Waals surface area (Å²) in [5.74, 6) is 1.58. The van der Waals surface area contributed by atoms with Gasteiger partial charge in [0.05, 0.1) is 6.04 Å². The lowest BCUT2D eigenvalue weighted by molar-refractivity contribution is -0.134. The molecule has 0 bridgehead atoms. The molecule has 0 radical (unpaired) electrons. The van der Waals surface area contributed by atoms with Crippen LogP contribution in [0.15, 0.2) is 29.0 Å². The van der Waals surface area contributed by atoms with Crippen molar-refractivity contribution in [2.75, 3.05) is 6.54 Å². The summed E-state index contributed by atoms with van der Waals surface area (Å²) in [6.07, 6.45) is 0.927. The van der Waals surface area contributed by atoms with Crippen molar-refractivity contribution in [2.45, 2.75) is 32.9 Å². The third kappa shape index (κ3) is 2.67. The fourth-order valence-electron chi connectivity index (χ4n) is 3.27. The van der Waals surface area contributed by atoms with Gasteiger partial charge >= 0.3 is 0 Å². The van der Waals surface area contributed by atoms with Gasteiger partial charge in [0.1, 0.15) is 18.2 Å². The summed E-state index contributed by atoms with van der Waals surface area (Å²) in [4.78, 5) is 21.9. The molecule has 0 aliphatic carbocycles. The lowest BCUT2D eigenvalue weighted by Crippen LogP contribution is -2.41. The summed E-state index contributed by atoms with van der Waals surface area (Å²) in [5, 5.41) is 8.53. The Morgan fingerprint density at radius 2 is 2.17 bits per heavy atom. The van der Waals surface area contributed by atoms with E-state index in [4.69, 9.17) is 0 Å². The first kappa shape index (κ1) is 15.5. The highest BCUT2D eigenvalue weighted by molar-refractivity contribution is 7.10. The summed E-state index contributed by atoms with van der Waals surface area (Å²) in [7, 11) is 0. The molecule has 0 spiro atoms. The predicted octanol–water partition coefficient (Wildman–Crippen LogP) is 3.19. The number of hydrogen-bond acceptors (Lipinski definition) is 5. The molecular formula is C17H18N4OS2. The van der Waals surface area contributed by atoms with Crippen LogP contribution in [-0.2, 0) is 17.8 Å². The van der Waals surface area contributed by atoms with Gasteiger partial charge in [-0.1, -0.05) is 6.07 Å². The topological polar surface area (TPSA) is 51.0 Å². The molecule has 124 valence electrons. The average Bonchev–Trinajstić information content (AvgIpc) is 3.28. The van der Waals surface area contributed by atoms with Crippen LogP contribution in [0.3, 0.4) is 0 Å². The van der Waals surface area contributed by atoms with Crippen molar-refractivity contribution in [3.8, 4) is 0 Å². The molecule has 0 aromatic carbocycles. The van der Waals surface area contributed by atoms with Gasteiger partial charge in [-0.15, -0.1) is 22.7 Å². The minimum Gasteiger partial charge on any atom is -0.329 e. The zero-order chi connectivity index (χ0) is 16.7. The van der Waals surface area contributed by atoms with Gasteiger partial charge in [-0.3, -0.25) is 4.79 Å². The molecule has 1 amide bonds. The Kier molecular flexibility index (Phi) is 3.97. The zero-order valence-corrected chi connectivity index (χ0v) is 15.2. The number of carbonyl (C=O) groups excluding carboxylic acids is 1. The van der Waals surface area contributed by atoms with Crippen LogP contribution >= 0.6 is 22.7 Å². The number of hydrogen-bond donors (Lipinski definition) is 0. The van der Waals surface area contributed by atoms with Crippen LogP contribution in [0.5, 0.6) is 0 Å². The Labute approximate surface area is 148 Å². The van der Waals surface area contributed by atoms with Crippen LogP contribution in [0.1, 0.15) is 33.0 Å². The van der Waals surface area contributed by atoms with E-state index in [9.17, 15) is 4.79 Å². The summed E-state index contributed by atoms with van der Waals surface area (Å²) < 4.78 is 1.70. The number of aromatic nitrogens is 3. The standard InChI is InChI=1S/C17H18N4OS2/c1-11-18-12(2)21(19-11)10-16(22)20-7-5-14-13(6-9-24-14)17(20)15-4-3-8-23-15/h3-4,6,8-9,17H,5,7,10H2,1-2H3. The Hall–Kier alpha value is -1.99. The van der Waals surface area contributed by atoms with Crippen LogP contribution < -0.4 is 0 Å². The molecule has 0 saturated heterocycles. The van der Waals surface area contributed by atoms with Crippen molar-refractivity contribution >= 4 is 28.6 Å². The van der Waals surface area contributed by atoms with E-state index in [0.29, 0.717) is 5.82 Å². The van der Waals surface area contributed by atoms with Crippen molar-refractivity contribution in [3.05, 3.63) is 55.9 Å². The van der Waals surface area contributed by atoms with Crippen molar-refractivity contribution in [2.24, 2.45) is 0 Å². The highest BCUT2D eigenvalue weighted by atomic mass is 32.1. The van der Waals surface area contributed by atoms with E-state index in [1.165, 1.54) is 15.3 Å². The maximum absolute atomic E-state index is 13.0. The van der Waals surface area contributed by atoms with E-state index in [-0.39, 0.29) is 18.5 Å². The van der Waals surface area contributed by atoms with Crippen LogP contribution in [0.4, 0.5) is 0 Å². The number of aryl methyl sites for hydroxylation is 2. The van der Waals surface area contributed by atoms with Gasteiger partial charge in [0.25, 0.3) is 0 Å². The quantitative estimate of drug-likeness (QED) is 0.722. The molecule has 0 saturated carbocycles. The Bertz CT molecular complexity index is 865. The van der Waals surface area contributed by atoms with Crippen molar-refractivity contribution in [3.63, 3.8) is 0 Å². The summed E-state index contributed by atoms with van der Waals surface area (Å²) in [6, 6.07) is 6.35. The van der Waals surface area contributed by atoms with Gasteiger partial charge in [0, 0.05) is 16.3 Å². The Balaban J connectivity index is 1.66. The number of rotatable bonds is 3. The largest absolute Gasteiger partial charge is 0.329 e. The lowest BCUT2D eigenvalue weighted by Gasteiger charge is -2.35.